The molecule has 1 N–H and O–H groups in total. The average Bonchev–Trinajstić information content (AvgIpc) is 3.18. The molecule has 0 unspecified atom stereocenters. The minimum atomic E-state index is 0.790. The largest absolute Gasteiger partial charge is 0.385 e. The number of benzene rings is 1. The van der Waals surface area contributed by atoms with E-state index < -0.39 is 0 Å². The van der Waals surface area contributed by atoms with Crippen LogP contribution in [0.2, 0.25) is 0 Å². The molecule has 0 heterocycles. The predicted octanol–water partition coefficient (Wildman–Crippen LogP) is 3.07. The monoisotopic (exact) mass is 251 g/mol. The highest BCUT2D eigenvalue weighted by molar-refractivity contribution is 7.99. The molecule has 3 heteroatoms. The van der Waals surface area contributed by atoms with E-state index in [9.17, 15) is 0 Å². The number of hydrogen-bond acceptors (Lipinski definition) is 3. The number of nitrogens with one attached hydrogen (secondary N) is 1. The molecule has 1 saturated carbocycles. The van der Waals surface area contributed by atoms with E-state index >= 15 is 0 Å². The average molecular weight is 251 g/mol. The zero-order chi connectivity index (χ0) is 11.9. The van der Waals surface area contributed by atoms with Crippen LogP contribution < -0.4 is 5.32 Å². The third-order valence-electron chi connectivity index (χ3n) is 2.86. The quantitative estimate of drug-likeness (QED) is 0.567. The normalized spacial score (nSPS) is 15.1. The van der Waals surface area contributed by atoms with E-state index in [-0.39, 0.29) is 0 Å². The third kappa shape index (κ3) is 5.11. The van der Waals surface area contributed by atoms with Crippen LogP contribution in [0.5, 0.6) is 0 Å². The Kier molecular flexibility index (Phi) is 5.36. The zero-order valence-electron chi connectivity index (χ0n) is 10.4. The molecule has 17 heavy (non-hydrogen) atoms. The molecule has 0 amide bonds. The molecule has 0 saturated heterocycles. The smallest absolute Gasteiger partial charge is 0.0470 e. The van der Waals surface area contributed by atoms with Crippen molar-refractivity contribution in [3.63, 3.8) is 0 Å². The summed E-state index contributed by atoms with van der Waals surface area (Å²) in [5, 5.41) is 3.53. The Morgan fingerprint density at radius 3 is 2.71 bits per heavy atom. The van der Waals surface area contributed by atoms with Gasteiger partial charge in [-0.15, -0.1) is 11.8 Å². The van der Waals surface area contributed by atoms with Gasteiger partial charge in [0.2, 0.25) is 0 Å². The second kappa shape index (κ2) is 7.04. The number of ether oxygens (including phenoxy) is 1. The maximum Gasteiger partial charge on any atom is 0.0470 e. The standard InChI is InChI=1S/C14H21NOS/c1-16-9-2-10-17-14-7-3-12(4-8-14)11-15-13-5-6-13/h3-4,7-8,13,15H,2,5-6,9-11H2,1H3. The molecule has 94 valence electrons. The van der Waals surface area contributed by atoms with Crippen LogP contribution in [0.1, 0.15) is 24.8 Å². The SMILES string of the molecule is COCCCSc1ccc(CNC2CC2)cc1. The van der Waals surface area contributed by atoms with Crippen molar-refractivity contribution >= 4 is 11.8 Å². The maximum atomic E-state index is 5.04. The first-order chi connectivity index (χ1) is 8.38. The number of rotatable bonds is 8. The first-order valence-corrected chi connectivity index (χ1v) is 7.31. The van der Waals surface area contributed by atoms with Crippen LogP contribution in [0, 0.1) is 0 Å². The van der Waals surface area contributed by atoms with Crippen molar-refractivity contribution in [1.29, 1.82) is 0 Å². The highest BCUT2D eigenvalue weighted by Gasteiger charge is 2.19. The number of methoxy groups -OCH3 is 1. The van der Waals surface area contributed by atoms with Crippen LogP contribution in [0.25, 0.3) is 0 Å². The Hall–Kier alpha value is -0.510. The van der Waals surface area contributed by atoms with Gasteiger partial charge in [-0.05, 0) is 37.0 Å². The molecule has 1 aliphatic rings. The maximum absolute atomic E-state index is 5.04. The fraction of sp³-hybridized carbons (Fsp3) is 0.571. The van der Waals surface area contributed by atoms with Gasteiger partial charge in [-0.25, -0.2) is 0 Å². The van der Waals surface area contributed by atoms with Crippen LogP contribution >= 0.6 is 11.8 Å². The molecule has 0 bridgehead atoms. The lowest BCUT2D eigenvalue weighted by Gasteiger charge is -2.05. The van der Waals surface area contributed by atoms with E-state index in [1.165, 1.54) is 23.3 Å². The minimum Gasteiger partial charge on any atom is -0.385 e. The molecule has 1 aliphatic carbocycles. The highest BCUT2D eigenvalue weighted by Crippen LogP contribution is 2.21. The highest BCUT2D eigenvalue weighted by atomic mass is 32.2. The Bertz CT molecular complexity index is 321. The molecule has 1 aromatic rings. The summed E-state index contributed by atoms with van der Waals surface area (Å²) in [6.45, 7) is 1.87. The summed E-state index contributed by atoms with van der Waals surface area (Å²) in [7, 11) is 1.76. The number of thioether (sulfide) groups is 1. The topological polar surface area (TPSA) is 21.3 Å². The lowest BCUT2D eigenvalue weighted by atomic mass is 10.2. The fourth-order valence-electron chi connectivity index (χ4n) is 1.65. The van der Waals surface area contributed by atoms with Crippen molar-refractivity contribution < 1.29 is 4.74 Å². The molecule has 2 nitrogen and oxygen atoms in total. The summed E-state index contributed by atoms with van der Waals surface area (Å²) in [6, 6.07) is 9.70. The summed E-state index contributed by atoms with van der Waals surface area (Å²) in [5.41, 5.74) is 1.39. The van der Waals surface area contributed by atoms with Gasteiger partial charge in [0.25, 0.3) is 0 Å². The van der Waals surface area contributed by atoms with Crippen molar-refractivity contribution in [3.8, 4) is 0 Å². The third-order valence-corrected chi connectivity index (χ3v) is 3.96. The summed E-state index contributed by atoms with van der Waals surface area (Å²) >= 11 is 1.91. The van der Waals surface area contributed by atoms with E-state index in [0.29, 0.717) is 0 Å². The molecular weight excluding hydrogens is 230 g/mol. The Morgan fingerprint density at radius 1 is 1.29 bits per heavy atom. The van der Waals surface area contributed by atoms with Crippen LogP contribution in [0.15, 0.2) is 29.2 Å². The molecule has 1 fully saturated rings. The van der Waals surface area contributed by atoms with Gasteiger partial charge in [-0.2, -0.15) is 0 Å². The molecule has 1 aromatic carbocycles. The summed E-state index contributed by atoms with van der Waals surface area (Å²) in [4.78, 5) is 1.36. The molecule has 0 radical (unpaired) electrons. The van der Waals surface area contributed by atoms with Gasteiger partial charge in [0.05, 0.1) is 0 Å². The van der Waals surface area contributed by atoms with Crippen molar-refractivity contribution in [2.45, 2.75) is 36.7 Å². The van der Waals surface area contributed by atoms with Crippen LogP contribution in [0.3, 0.4) is 0 Å². The van der Waals surface area contributed by atoms with Crippen molar-refractivity contribution in [2.24, 2.45) is 0 Å². The van der Waals surface area contributed by atoms with Crippen LogP contribution in [0.4, 0.5) is 0 Å². The van der Waals surface area contributed by atoms with Gasteiger partial charge in [0.15, 0.2) is 0 Å². The van der Waals surface area contributed by atoms with Gasteiger partial charge >= 0.3 is 0 Å². The zero-order valence-corrected chi connectivity index (χ0v) is 11.3. The van der Waals surface area contributed by atoms with Gasteiger partial charge in [-0.3, -0.25) is 0 Å². The van der Waals surface area contributed by atoms with E-state index in [1.807, 2.05) is 11.8 Å². The van der Waals surface area contributed by atoms with Gasteiger partial charge < -0.3 is 10.1 Å². The molecule has 0 aromatic heterocycles. The van der Waals surface area contributed by atoms with Crippen molar-refractivity contribution in [1.82, 2.24) is 5.32 Å². The van der Waals surface area contributed by atoms with Crippen LogP contribution in [-0.4, -0.2) is 25.5 Å². The molecule has 0 spiro atoms. The Labute approximate surface area is 108 Å². The van der Waals surface area contributed by atoms with Crippen LogP contribution in [-0.2, 0) is 11.3 Å². The predicted molar refractivity (Wildman–Crippen MR) is 73.5 cm³/mol. The summed E-state index contributed by atoms with van der Waals surface area (Å²) in [5.74, 6) is 1.13. The van der Waals surface area contributed by atoms with E-state index in [1.54, 1.807) is 7.11 Å². The first-order valence-electron chi connectivity index (χ1n) is 6.32. The van der Waals surface area contributed by atoms with Crippen molar-refractivity contribution in [2.75, 3.05) is 19.5 Å². The van der Waals surface area contributed by atoms with E-state index in [0.717, 1.165) is 31.4 Å². The molecule has 0 aliphatic heterocycles. The van der Waals surface area contributed by atoms with Gasteiger partial charge in [-0.1, -0.05) is 12.1 Å². The second-order valence-electron chi connectivity index (χ2n) is 4.49. The lowest BCUT2D eigenvalue weighted by molar-refractivity contribution is 0.200. The fourth-order valence-corrected chi connectivity index (χ4v) is 2.47. The first kappa shape index (κ1) is 12.9. The second-order valence-corrected chi connectivity index (χ2v) is 5.66. The Balaban J connectivity index is 1.68. The van der Waals surface area contributed by atoms with Gasteiger partial charge in [0.1, 0.15) is 0 Å². The molecule has 2 rings (SSSR count). The minimum absolute atomic E-state index is 0.790. The number of hydrogen-bond donors (Lipinski definition) is 1. The Morgan fingerprint density at radius 2 is 2.06 bits per heavy atom. The van der Waals surface area contributed by atoms with Crippen molar-refractivity contribution in [3.05, 3.63) is 29.8 Å². The summed E-state index contributed by atoms with van der Waals surface area (Å²) < 4.78 is 5.04. The summed E-state index contributed by atoms with van der Waals surface area (Å²) in [6.07, 6.45) is 3.83. The van der Waals surface area contributed by atoms with Gasteiger partial charge in [0, 0.05) is 37.0 Å². The molecular formula is C14H21NOS. The van der Waals surface area contributed by atoms with E-state index in [2.05, 4.69) is 29.6 Å². The lowest BCUT2D eigenvalue weighted by Crippen LogP contribution is -2.14. The molecule has 0 atom stereocenters. The van der Waals surface area contributed by atoms with E-state index in [4.69, 9.17) is 4.74 Å².